The van der Waals surface area contributed by atoms with E-state index in [1.165, 1.54) is 0 Å². The van der Waals surface area contributed by atoms with Gasteiger partial charge < -0.3 is 15.1 Å². The van der Waals surface area contributed by atoms with Crippen LogP contribution in [0.25, 0.3) is 0 Å². The number of carbonyl (C=O) groups is 1. The number of rotatable bonds is 3. The van der Waals surface area contributed by atoms with E-state index in [0.29, 0.717) is 0 Å². The predicted molar refractivity (Wildman–Crippen MR) is 77.5 cm³/mol. The Hall–Kier alpha value is -1.96. The number of carbonyl (C=O) groups excluding carboxylic acids is 1. The molecule has 0 aromatic heterocycles. The topological polar surface area (TPSA) is 47.9 Å². The van der Waals surface area contributed by atoms with Gasteiger partial charge in [-0.15, -0.1) is 0 Å². The smallest absolute Gasteiger partial charge is 0.299 e. The van der Waals surface area contributed by atoms with Crippen molar-refractivity contribution in [1.29, 1.82) is 0 Å². The van der Waals surface area contributed by atoms with Gasteiger partial charge in [-0.3, -0.25) is 9.79 Å². The van der Waals surface area contributed by atoms with Crippen molar-refractivity contribution in [1.82, 2.24) is 15.1 Å². The molecule has 1 amide bonds. The number of hydrogen-bond donors (Lipinski definition) is 1. The van der Waals surface area contributed by atoms with Gasteiger partial charge in [0.15, 0.2) is 0 Å². The molecular formula is C14H22N4O. The minimum absolute atomic E-state index is 0.0184. The molecule has 5 nitrogen and oxygen atoms in total. The van der Waals surface area contributed by atoms with Gasteiger partial charge in [-0.2, -0.15) is 0 Å². The minimum Gasteiger partial charge on any atom is -0.393 e. The first kappa shape index (κ1) is 15.1. The van der Waals surface area contributed by atoms with Gasteiger partial charge in [-0.25, -0.2) is 0 Å². The molecule has 5 heteroatoms. The van der Waals surface area contributed by atoms with E-state index in [-0.39, 0.29) is 11.9 Å². The molecule has 0 aromatic carbocycles. The number of aliphatic imine (C=N–C) groups is 1. The molecule has 0 unspecified atom stereocenters. The first-order valence-corrected chi connectivity index (χ1v) is 6.42. The summed E-state index contributed by atoms with van der Waals surface area (Å²) in [6, 6.07) is 0.0184. The van der Waals surface area contributed by atoms with Gasteiger partial charge in [0.1, 0.15) is 5.84 Å². The summed E-state index contributed by atoms with van der Waals surface area (Å²) in [7, 11) is 5.53. The quantitative estimate of drug-likeness (QED) is 0.461. The molecule has 0 spiro atoms. The first-order valence-electron chi connectivity index (χ1n) is 6.42. The summed E-state index contributed by atoms with van der Waals surface area (Å²) < 4.78 is 0. The maximum absolute atomic E-state index is 12.0. The van der Waals surface area contributed by atoms with Crippen molar-refractivity contribution in [2.45, 2.75) is 25.8 Å². The van der Waals surface area contributed by atoms with Crippen LogP contribution < -0.4 is 5.32 Å². The lowest BCUT2D eigenvalue weighted by molar-refractivity contribution is -0.124. The molecule has 104 valence electrons. The lowest BCUT2D eigenvalue weighted by Crippen LogP contribution is -2.45. The SMILES string of the molecule is CC#CC(=O)N1CCC[C@H]1C(=NC)N(C)/C=C\NC. The van der Waals surface area contributed by atoms with Crippen LogP contribution in [0.5, 0.6) is 0 Å². The second-order valence-corrected chi connectivity index (χ2v) is 4.33. The minimum atomic E-state index is -0.114. The maximum atomic E-state index is 12.0. The fourth-order valence-electron chi connectivity index (χ4n) is 2.26. The zero-order chi connectivity index (χ0) is 14.3. The molecule has 1 heterocycles. The van der Waals surface area contributed by atoms with Crippen molar-refractivity contribution >= 4 is 11.7 Å². The van der Waals surface area contributed by atoms with Crippen LogP contribution in [0.1, 0.15) is 19.8 Å². The lowest BCUT2D eigenvalue weighted by Gasteiger charge is -2.28. The predicted octanol–water partition coefficient (Wildman–Crippen LogP) is 0.651. The highest BCUT2D eigenvalue weighted by Gasteiger charge is 2.32. The van der Waals surface area contributed by atoms with Gasteiger partial charge in [0.05, 0.1) is 6.04 Å². The third-order valence-electron chi connectivity index (χ3n) is 3.10. The second kappa shape index (κ2) is 7.47. The molecule has 0 saturated carbocycles. The molecule has 0 aromatic rings. The Labute approximate surface area is 115 Å². The van der Waals surface area contributed by atoms with Crippen molar-refractivity contribution in [3.63, 3.8) is 0 Å². The number of likely N-dealkylation sites (tertiary alicyclic amines) is 1. The highest BCUT2D eigenvalue weighted by atomic mass is 16.2. The average Bonchev–Trinajstić information content (AvgIpc) is 2.86. The zero-order valence-corrected chi connectivity index (χ0v) is 12.1. The molecule has 1 N–H and O–H groups in total. The Kier molecular flexibility index (Phi) is 5.94. The van der Waals surface area contributed by atoms with Crippen LogP contribution in [0.15, 0.2) is 17.4 Å². The number of likely N-dealkylation sites (N-methyl/N-ethyl adjacent to an activating group) is 1. The van der Waals surface area contributed by atoms with Crippen molar-refractivity contribution in [2.75, 3.05) is 27.7 Å². The Morgan fingerprint density at radius 1 is 1.58 bits per heavy atom. The van der Waals surface area contributed by atoms with Crippen LogP contribution in [-0.2, 0) is 4.79 Å². The first-order chi connectivity index (χ1) is 9.15. The Morgan fingerprint density at radius 3 is 2.89 bits per heavy atom. The van der Waals surface area contributed by atoms with Crippen LogP contribution in [0, 0.1) is 11.8 Å². The average molecular weight is 262 g/mol. The molecule has 1 aliphatic heterocycles. The van der Waals surface area contributed by atoms with Gasteiger partial charge in [0, 0.05) is 40.1 Å². The summed E-state index contributed by atoms with van der Waals surface area (Å²) in [4.78, 5) is 20.0. The van der Waals surface area contributed by atoms with Crippen molar-refractivity contribution in [2.24, 2.45) is 4.99 Å². The van der Waals surface area contributed by atoms with Crippen LogP contribution >= 0.6 is 0 Å². The maximum Gasteiger partial charge on any atom is 0.299 e. The van der Waals surface area contributed by atoms with Crippen LogP contribution in [0.4, 0.5) is 0 Å². The van der Waals surface area contributed by atoms with Crippen molar-refractivity contribution < 1.29 is 4.79 Å². The summed E-state index contributed by atoms with van der Waals surface area (Å²) in [5, 5.41) is 2.94. The van der Waals surface area contributed by atoms with E-state index in [2.05, 4.69) is 22.2 Å². The van der Waals surface area contributed by atoms with E-state index in [4.69, 9.17) is 0 Å². The van der Waals surface area contributed by atoms with E-state index >= 15 is 0 Å². The normalized spacial score (nSPS) is 19.3. The van der Waals surface area contributed by atoms with Crippen molar-refractivity contribution in [3.8, 4) is 11.8 Å². The molecular weight excluding hydrogens is 240 g/mol. The highest BCUT2D eigenvalue weighted by molar-refractivity contribution is 5.98. The fourth-order valence-corrected chi connectivity index (χ4v) is 2.26. The third kappa shape index (κ3) is 3.75. The summed E-state index contributed by atoms with van der Waals surface area (Å²) in [6.45, 7) is 2.43. The fraction of sp³-hybridized carbons (Fsp3) is 0.571. The molecule has 19 heavy (non-hydrogen) atoms. The molecule has 1 saturated heterocycles. The monoisotopic (exact) mass is 262 g/mol. The van der Waals surface area contributed by atoms with Gasteiger partial charge >= 0.3 is 0 Å². The van der Waals surface area contributed by atoms with Gasteiger partial charge in [0.25, 0.3) is 5.91 Å². The lowest BCUT2D eigenvalue weighted by atomic mass is 10.2. The highest BCUT2D eigenvalue weighted by Crippen LogP contribution is 2.20. The largest absolute Gasteiger partial charge is 0.393 e. The zero-order valence-electron chi connectivity index (χ0n) is 12.1. The number of nitrogens with one attached hydrogen (secondary N) is 1. The number of hydrogen-bond acceptors (Lipinski definition) is 3. The molecule has 1 fully saturated rings. The molecule has 0 radical (unpaired) electrons. The standard InChI is InChI=1S/C14H22N4O/c1-5-7-13(19)18-10-6-8-12(18)14(16-3)17(4)11-9-15-2/h9,11-12,15H,6,8,10H2,1-4H3/b11-9-,16-14?/t12-/m0/s1. The second-order valence-electron chi connectivity index (χ2n) is 4.33. The Bertz CT molecular complexity index is 430. The van der Waals surface area contributed by atoms with E-state index in [0.717, 1.165) is 25.2 Å². The van der Waals surface area contributed by atoms with E-state index in [1.807, 2.05) is 36.3 Å². The van der Waals surface area contributed by atoms with Crippen LogP contribution in [0.3, 0.4) is 0 Å². The van der Waals surface area contributed by atoms with Gasteiger partial charge in [-0.05, 0) is 25.7 Å². The molecule has 1 atom stereocenters. The Balaban J connectivity index is 2.87. The van der Waals surface area contributed by atoms with Gasteiger partial charge in [-0.1, -0.05) is 5.92 Å². The molecule has 1 aliphatic rings. The van der Waals surface area contributed by atoms with Crippen molar-refractivity contribution in [3.05, 3.63) is 12.4 Å². The van der Waals surface area contributed by atoms with E-state index < -0.39 is 0 Å². The summed E-state index contributed by atoms with van der Waals surface area (Å²) >= 11 is 0. The van der Waals surface area contributed by atoms with Crippen LogP contribution in [0.2, 0.25) is 0 Å². The number of amidine groups is 1. The van der Waals surface area contributed by atoms with Gasteiger partial charge in [0.2, 0.25) is 0 Å². The van der Waals surface area contributed by atoms with E-state index in [1.54, 1.807) is 14.0 Å². The van der Waals surface area contributed by atoms with E-state index in [9.17, 15) is 4.79 Å². The molecule has 0 aliphatic carbocycles. The molecule has 1 rings (SSSR count). The molecule has 0 bridgehead atoms. The number of amides is 1. The summed E-state index contributed by atoms with van der Waals surface area (Å²) in [6.07, 6.45) is 5.65. The third-order valence-corrected chi connectivity index (χ3v) is 3.10. The summed E-state index contributed by atoms with van der Waals surface area (Å²) in [5.74, 6) is 6.05. The number of nitrogens with zero attached hydrogens (tertiary/aromatic N) is 3. The van der Waals surface area contributed by atoms with Crippen LogP contribution in [-0.4, -0.2) is 55.3 Å². The summed E-state index contributed by atoms with van der Waals surface area (Å²) in [5.41, 5.74) is 0. The Morgan fingerprint density at radius 2 is 2.32 bits per heavy atom.